The number of hydrogen-bond donors (Lipinski definition) is 3. The highest BCUT2D eigenvalue weighted by Gasteiger charge is 2.33. The number of alkyl halides is 3. The number of carbonyl (C=O) groups is 1. The fourth-order valence-electron chi connectivity index (χ4n) is 2.48. The lowest BCUT2D eigenvalue weighted by Gasteiger charge is -2.12. The molecular formula is C19H15ClF3N5O. The van der Waals surface area contributed by atoms with Gasteiger partial charge < -0.3 is 16.4 Å². The number of nitrogen functional groups attached to an aromatic ring is 1. The first-order valence-electron chi connectivity index (χ1n) is 8.31. The van der Waals surface area contributed by atoms with Gasteiger partial charge in [-0.3, -0.25) is 0 Å². The van der Waals surface area contributed by atoms with Gasteiger partial charge in [-0.25, -0.2) is 14.8 Å². The highest BCUT2D eigenvalue weighted by atomic mass is 35.5. The molecule has 4 N–H and O–H groups in total. The largest absolute Gasteiger partial charge is 0.417 e. The minimum absolute atomic E-state index is 0.0158. The molecule has 2 amide bonds. The van der Waals surface area contributed by atoms with Crippen LogP contribution < -0.4 is 16.4 Å². The Kier molecular flexibility index (Phi) is 5.88. The van der Waals surface area contributed by atoms with Gasteiger partial charge in [-0.05, 0) is 29.3 Å². The Bertz CT molecular complexity index is 1010. The van der Waals surface area contributed by atoms with E-state index in [-0.39, 0.29) is 18.2 Å². The van der Waals surface area contributed by atoms with E-state index in [0.29, 0.717) is 0 Å². The number of nitrogens with zero attached hydrogens (tertiary/aromatic N) is 2. The van der Waals surface area contributed by atoms with Crippen LogP contribution in [-0.4, -0.2) is 16.0 Å². The Morgan fingerprint density at radius 1 is 1.03 bits per heavy atom. The van der Waals surface area contributed by atoms with Gasteiger partial charge in [0.2, 0.25) is 5.95 Å². The van der Waals surface area contributed by atoms with E-state index in [1.54, 1.807) is 24.5 Å². The summed E-state index contributed by atoms with van der Waals surface area (Å²) in [7, 11) is 0. The van der Waals surface area contributed by atoms with E-state index in [1.165, 1.54) is 6.07 Å². The zero-order valence-electron chi connectivity index (χ0n) is 14.8. The summed E-state index contributed by atoms with van der Waals surface area (Å²) >= 11 is 5.56. The number of hydrogen-bond acceptors (Lipinski definition) is 4. The average Bonchev–Trinajstić information content (AvgIpc) is 2.68. The van der Waals surface area contributed by atoms with Crippen LogP contribution in [0.3, 0.4) is 0 Å². The van der Waals surface area contributed by atoms with Crippen LogP contribution >= 0.6 is 11.6 Å². The van der Waals surface area contributed by atoms with E-state index in [1.807, 2.05) is 12.1 Å². The zero-order valence-corrected chi connectivity index (χ0v) is 15.6. The molecule has 150 valence electrons. The van der Waals surface area contributed by atoms with Crippen LogP contribution in [0.5, 0.6) is 0 Å². The molecule has 3 rings (SSSR count). The summed E-state index contributed by atoms with van der Waals surface area (Å²) in [6.07, 6.45) is -1.41. The number of amides is 2. The minimum atomic E-state index is -4.61. The number of halogens is 4. The number of benzene rings is 2. The highest BCUT2D eigenvalue weighted by molar-refractivity contribution is 6.31. The van der Waals surface area contributed by atoms with Crippen molar-refractivity contribution in [1.29, 1.82) is 0 Å². The molecule has 0 radical (unpaired) electrons. The van der Waals surface area contributed by atoms with Crippen LogP contribution in [0.15, 0.2) is 54.9 Å². The maximum Gasteiger partial charge on any atom is 0.417 e. The Morgan fingerprint density at radius 2 is 1.69 bits per heavy atom. The lowest BCUT2D eigenvalue weighted by Crippen LogP contribution is -2.28. The average molecular weight is 422 g/mol. The summed E-state index contributed by atoms with van der Waals surface area (Å²) < 4.78 is 38.7. The number of aromatic nitrogens is 2. The van der Waals surface area contributed by atoms with Crippen LogP contribution in [0.1, 0.15) is 11.1 Å². The summed E-state index contributed by atoms with van der Waals surface area (Å²) in [5.41, 5.74) is 6.89. The molecular weight excluding hydrogens is 407 g/mol. The summed E-state index contributed by atoms with van der Waals surface area (Å²) in [5.74, 6) is 0.184. The van der Waals surface area contributed by atoms with Crippen LogP contribution in [-0.2, 0) is 12.7 Å². The van der Waals surface area contributed by atoms with Crippen LogP contribution in [0.4, 0.5) is 29.6 Å². The second kappa shape index (κ2) is 8.36. The number of rotatable bonds is 4. The van der Waals surface area contributed by atoms with Crippen LogP contribution in [0.25, 0.3) is 11.1 Å². The number of nitrogens with two attached hydrogens (primary N) is 1. The predicted molar refractivity (Wildman–Crippen MR) is 104 cm³/mol. The predicted octanol–water partition coefficient (Wildman–Crippen LogP) is 4.72. The Hall–Kier alpha value is -3.33. The number of nitrogens with one attached hydrogen (secondary N) is 2. The lowest BCUT2D eigenvalue weighted by molar-refractivity contribution is -0.137. The third kappa shape index (κ3) is 5.35. The van der Waals surface area contributed by atoms with Crippen molar-refractivity contribution in [1.82, 2.24) is 15.3 Å². The van der Waals surface area contributed by atoms with Crippen molar-refractivity contribution in [2.75, 3.05) is 11.1 Å². The molecule has 29 heavy (non-hydrogen) atoms. The maximum absolute atomic E-state index is 12.9. The van der Waals surface area contributed by atoms with Gasteiger partial charge in [-0.15, -0.1) is 0 Å². The maximum atomic E-state index is 12.9. The molecule has 0 aliphatic carbocycles. The zero-order chi connectivity index (χ0) is 21.0. The van der Waals surface area contributed by atoms with Crippen molar-refractivity contribution in [3.63, 3.8) is 0 Å². The normalized spacial score (nSPS) is 11.2. The van der Waals surface area contributed by atoms with E-state index >= 15 is 0 Å². The third-order valence-electron chi connectivity index (χ3n) is 3.94. The van der Waals surface area contributed by atoms with Crippen molar-refractivity contribution in [3.05, 3.63) is 71.0 Å². The van der Waals surface area contributed by atoms with Gasteiger partial charge in [0.15, 0.2) is 0 Å². The second-order valence-electron chi connectivity index (χ2n) is 6.03. The molecule has 0 fully saturated rings. The lowest BCUT2D eigenvalue weighted by atomic mass is 10.1. The van der Waals surface area contributed by atoms with E-state index in [2.05, 4.69) is 20.6 Å². The highest BCUT2D eigenvalue weighted by Crippen LogP contribution is 2.36. The number of carbonyl (C=O) groups excluding carboxylic acids is 1. The van der Waals surface area contributed by atoms with E-state index in [9.17, 15) is 18.0 Å². The molecule has 0 unspecified atom stereocenters. The molecule has 3 aromatic rings. The Labute approximate surface area is 168 Å². The van der Waals surface area contributed by atoms with Gasteiger partial charge in [0, 0.05) is 30.2 Å². The molecule has 0 saturated carbocycles. The first-order chi connectivity index (χ1) is 13.7. The first-order valence-corrected chi connectivity index (χ1v) is 8.68. The van der Waals surface area contributed by atoms with E-state index in [0.717, 1.165) is 28.8 Å². The van der Waals surface area contributed by atoms with E-state index < -0.39 is 22.8 Å². The van der Waals surface area contributed by atoms with Crippen molar-refractivity contribution < 1.29 is 18.0 Å². The fourth-order valence-corrected chi connectivity index (χ4v) is 2.70. The minimum Gasteiger partial charge on any atom is -0.368 e. The van der Waals surface area contributed by atoms with Crippen molar-refractivity contribution in [3.8, 4) is 11.1 Å². The number of urea groups is 1. The molecule has 2 aromatic carbocycles. The Morgan fingerprint density at radius 3 is 2.31 bits per heavy atom. The summed E-state index contributed by atoms with van der Waals surface area (Å²) in [4.78, 5) is 19.8. The molecule has 0 atom stereocenters. The monoisotopic (exact) mass is 421 g/mol. The molecule has 0 bridgehead atoms. The van der Waals surface area contributed by atoms with E-state index in [4.69, 9.17) is 17.3 Å². The third-order valence-corrected chi connectivity index (χ3v) is 4.27. The topological polar surface area (TPSA) is 92.9 Å². The smallest absolute Gasteiger partial charge is 0.368 e. The molecule has 10 heteroatoms. The molecule has 0 aliphatic heterocycles. The van der Waals surface area contributed by atoms with Gasteiger partial charge in [-0.1, -0.05) is 35.9 Å². The van der Waals surface area contributed by atoms with Crippen molar-refractivity contribution in [2.45, 2.75) is 12.7 Å². The van der Waals surface area contributed by atoms with Gasteiger partial charge in [-0.2, -0.15) is 13.2 Å². The first kappa shape index (κ1) is 20.4. The van der Waals surface area contributed by atoms with Crippen molar-refractivity contribution >= 4 is 29.3 Å². The summed E-state index contributed by atoms with van der Waals surface area (Å²) in [6, 6.07) is 9.78. The number of anilines is 2. The van der Waals surface area contributed by atoms with Gasteiger partial charge >= 0.3 is 12.2 Å². The fraction of sp³-hybridized carbons (Fsp3) is 0.105. The molecule has 0 saturated heterocycles. The van der Waals surface area contributed by atoms with Gasteiger partial charge in [0.1, 0.15) is 0 Å². The van der Waals surface area contributed by atoms with Gasteiger partial charge in [0.25, 0.3) is 0 Å². The second-order valence-corrected chi connectivity index (χ2v) is 6.43. The SMILES string of the molecule is Nc1ncc(-c2ccc(CNC(=O)Nc3ccc(Cl)c(C(F)(F)F)c3)cc2)cn1. The standard InChI is InChI=1S/C19H15ClF3N5O/c20-16-6-5-14(7-15(16)19(21,22)23)28-18(29)27-8-11-1-3-12(4-2-11)13-9-25-17(24)26-10-13/h1-7,9-10H,8H2,(H2,24,25,26)(H2,27,28,29). The molecule has 0 spiro atoms. The molecule has 0 aliphatic rings. The summed E-state index contributed by atoms with van der Waals surface area (Å²) in [6.45, 7) is 0.185. The Balaban J connectivity index is 1.59. The van der Waals surface area contributed by atoms with Gasteiger partial charge in [0.05, 0.1) is 10.6 Å². The quantitative estimate of drug-likeness (QED) is 0.568. The summed E-state index contributed by atoms with van der Waals surface area (Å²) in [5, 5.41) is 4.50. The molecule has 6 nitrogen and oxygen atoms in total. The van der Waals surface area contributed by atoms with Crippen molar-refractivity contribution in [2.24, 2.45) is 0 Å². The molecule has 1 aromatic heterocycles. The molecule has 1 heterocycles. The van der Waals surface area contributed by atoms with Crippen LogP contribution in [0, 0.1) is 0 Å². The van der Waals surface area contributed by atoms with Crippen LogP contribution in [0.2, 0.25) is 5.02 Å².